The molecule has 1 heterocycles. The van der Waals surface area contributed by atoms with Crippen LogP contribution in [0.2, 0.25) is 5.02 Å². The van der Waals surface area contributed by atoms with Crippen molar-refractivity contribution in [1.29, 1.82) is 0 Å². The molecule has 96 valence electrons. The molecule has 2 aromatic rings. The standard InChI is InChI=1S/C15H13ClN2O/c1-2-9-17-15(19)8-7-13-6-4-11-3-5-12(16)10-14(11)18-13/h2-8,10H,1,9H2,(H,17,19)/b8-7+. The van der Waals surface area contributed by atoms with E-state index in [1.807, 2.05) is 24.3 Å². The average molecular weight is 273 g/mol. The lowest BCUT2D eigenvalue weighted by Crippen LogP contribution is -2.20. The van der Waals surface area contributed by atoms with Crippen LogP contribution in [-0.4, -0.2) is 17.4 Å². The molecule has 0 aliphatic carbocycles. The molecule has 3 nitrogen and oxygen atoms in total. The zero-order valence-corrected chi connectivity index (χ0v) is 11.0. The Morgan fingerprint density at radius 1 is 1.37 bits per heavy atom. The number of amides is 1. The lowest BCUT2D eigenvalue weighted by atomic mass is 10.2. The Labute approximate surface area is 116 Å². The highest BCUT2D eigenvalue weighted by molar-refractivity contribution is 6.31. The second kappa shape index (κ2) is 6.16. The van der Waals surface area contributed by atoms with Crippen molar-refractivity contribution >= 4 is 34.5 Å². The second-order valence-corrected chi connectivity index (χ2v) is 4.38. The number of hydrogen-bond donors (Lipinski definition) is 1. The van der Waals surface area contributed by atoms with Crippen molar-refractivity contribution in [1.82, 2.24) is 10.3 Å². The van der Waals surface area contributed by atoms with Gasteiger partial charge in [-0.05, 0) is 24.3 Å². The highest BCUT2D eigenvalue weighted by Gasteiger charge is 1.98. The molecule has 0 fully saturated rings. The smallest absolute Gasteiger partial charge is 0.244 e. The third-order valence-corrected chi connectivity index (χ3v) is 2.74. The van der Waals surface area contributed by atoms with Crippen molar-refractivity contribution in [2.24, 2.45) is 0 Å². The predicted molar refractivity (Wildman–Crippen MR) is 79.0 cm³/mol. The highest BCUT2D eigenvalue weighted by Crippen LogP contribution is 2.18. The summed E-state index contributed by atoms with van der Waals surface area (Å²) in [4.78, 5) is 15.8. The quantitative estimate of drug-likeness (QED) is 0.686. The van der Waals surface area contributed by atoms with Crippen molar-refractivity contribution in [3.8, 4) is 0 Å². The van der Waals surface area contributed by atoms with Crippen LogP contribution in [0.3, 0.4) is 0 Å². The van der Waals surface area contributed by atoms with E-state index in [1.54, 1.807) is 18.2 Å². The fourth-order valence-corrected chi connectivity index (χ4v) is 1.76. The number of hydrogen-bond acceptors (Lipinski definition) is 2. The Hall–Kier alpha value is -2.13. The minimum atomic E-state index is -0.173. The molecule has 2 rings (SSSR count). The molecular formula is C15H13ClN2O. The van der Waals surface area contributed by atoms with Gasteiger partial charge in [-0.1, -0.05) is 29.8 Å². The number of nitrogens with one attached hydrogen (secondary N) is 1. The summed E-state index contributed by atoms with van der Waals surface area (Å²) >= 11 is 5.92. The molecule has 0 bridgehead atoms. The largest absolute Gasteiger partial charge is 0.349 e. The van der Waals surface area contributed by atoms with E-state index in [-0.39, 0.29) is 5.91 Å². The van der Waals surface area contributed by atoms with Crippen LogP contribution in [0.15, 0.2) is 49.1 Å². The third-order valence-electron chi connectivity index (χ3n) is 2.50. The topological polar surface area (TPSA) is 42.0 Å². The average Bonchev–Trinajstić information content (AvgIpc) is 2.42. The normalized spacial score (nSPS) is 10.8. The Balaban J connectivity index is 2.19. The summed E-state index contributed by atoms with van der Waals surface area (Å²) in [7, 11) is 0. The number of nitrogens with zero attached hydrogens (tertiary/aromatic N) is 1. The molecule has 0 spiro atoms. The third kappa shape index (κ3) is 3.66. The fraction of sp³-hybridized carbons (Fsp3) is 0.0667. The summed E-state index contributed by atoms with van der Waals surface area (Å²) in [5.41, 5.74) is 1.52. The van der Waals surface area contributed by atoms with E-state index in [1.165, 1.54) is 6.08 Å². The number of halogens is 1. The van der Waals surface area contributed by atoms with Crippen LogP contribution in [0.25, 0.3) is 17.0 Å². The lowest BCUT2D eigenvalue weighted by Gasteiger charge is -2.00. The van der Waals surface area contributed by atoms with E-state index >= 15 is 0 Å². The monoisotopic (exact) mass is 272 g/mol. The van der Waals surface area contributed by atoms with Gasteiger partial charge in [0.05, 0.1) is 11.2 Å². The zero-order chi connectivity index (χ0) is 13.7. The Morgan fingerprint density at radius 3 is 2.95 bits per heavy atom. The minimum Gasteiger partial charge on any atom is -0.349 e. The van der Waals surface area contributed by atoms with Crippen molar-refractivity contribution in [2.45, 2.75) is 0 Å². The molecular weight excluding hydrogens is 260 g/mol. The maximum atomic E-state index is 11.4. The van der Waals surface area contributed by atoms with Crippen LogP contribution >= 0.6 is 11.6 Å². The maximum Gasteiger partial charge on any atom is 0.244 e. The van der Waals surface area contributed by atoms with E-state index in [0.717, 1.165) is 10.9 Å². The SMILES string of the molecule is C=CCNC(=O)/C=C/c1ccc2ccc(Cl)cc2n1. The molecule has 0 unspecified atom stereocenters. The van der Waals surface area contributed by atoms with Crippen LogP contribution in [0.1, 0.15) is 5.69 Å². The maximum absolute atomic E-state index is 11.4. The second-order valence-electron chi connectivity index (χ2n) is 3.94. The van der Waals surface area contributed by atoms with E-state index in [9.17, 15) is 4.79 Å². The summed E-state index contributed by atoms with van der Waals surface area (Å²) in [6.07, 6.45) is 4.74. The van der Waals surface area contributed by atoms with Crippen LogP contribution < -0.4 is 5.32 Å². The highest BCUT2D eigenvalue weighted by atomic mass is 35.5. The van der Waals surface area contributed by atoms with Crippen LogP contribution in [0.4, 0.5) is 0 Å². The van der Waals surface area contributed by atoms with Gasteiger partial charge in [-0.3, -0.25) is 4.79 Å². The number of benzene rings is 1. The molecule has 1 aromatic heterocycles. The van der Waals surface area contributed by atoms with Gasteiger partial charge < -0.3 is 5.32 Å². The first-order valence-corrected chi connectivity index (χ1v) is 6.20. The molecule has 0 aliphatic heterocycles. The van der Waals surface area contributed by atoms with Gasteiger partial charge >= 0.3 is 0 Å². The molecule has 0 aliphatic rings. The molecule has 0 saturated heterocycles. The molecule has 0 atom stereocenters. The van der Waals surface area contributed by atoms with Crippen molar-refractivity contribution in [2.75, 3.05) is 6.54 Å². The van der Waals surface area contributed by atoms with E-state index < -0.39 is 0 Å². The zero-order valence-electron chi connectivity index (χ0n) is 10.3. The molecule has 1 N–H and O–H groups in total. The van der Waals surface area contributed by atoms with Gasteiger partial charge in [0.2, 0.25) is 5.91 Å². The first kappa shape index (κ1) is 13.3. The van der Waals surface area contributed by atoms with E-state index in [0.29, 0.717) is 17.3 Å². The minimum absolute atomic E-state index is 0.173. The number of carbonyl (C=O) groups excluding carboxylic acids is 1. The fourth-order valence-electron chi connectivity index (χ4n) is 1.59. The number of rotatable bonds is 4. The predicted octanol–water partition coefficient (Wildman–Crippen LogP) is 3.20. The number of aromatic nitrogens is 1. The first-order valence-electron chi connectivity index (χ1n) is 5.82. The van der Waals surface area contributed by atoms with E-state index in [4.69, 9.17) is 11.6 Å². The van der Waals surface area contributed by atoms with Gasteiger partial charge in [0, 0.05) is 23.0 Å². The Morgan fingerprint density at radius 2 is 2.16 bits per heavy atom. The number of fused-ring (bicyclic) bond motifs is 1. The summed E-state index contributed by atoms with van der Waals surface area (Å²) in [5, 5.41) is 4.31. The van der Waals surface area contributed by atoms with Gasteiger partial charge in [0.25, 0.3) is 0 Å². The first-order chi connectivity index (χ1) is 9.19. The molecule has 0 radical (unpaired) electrons. The van der Waals surface area contributed by atoms with Crippen LogP contribution in [0, 0.1) is 0 Å². The van der Waals surface area contributed by atoms with Gasteiger partial charge in [0.1, 0.15) is 0 Å². The van der Waals surface area contributed by atoms with Gasteiger partial charge in [-0.15, -0.1) is 6.58 Å². The lowest BCUT2D eigenvalue weighted by molar-refractivity contribution is -0.116. The number of pyridine rings is 1. The number of carbonyl (C=O) groups is 1. The molecule has 1 amide bonds. The van der Waals surface area contributed by atoms with Crippen LogP contribution in [-0.2, 0) is 4.79 Å². The van der Waals surface area contributed by atoms with Crippen molar-refractivity contribution in [3.05, 3.63) is 59.8 Å². The van der Waals surface area contributed by atoms with Crippen molar-refractivity contribution in [3.63, 3.8) is 0 Å². The van der Waals surface area contributed by atoms with Gasteiger partial charge in [0.15, 0.2) is 0 Å². The molecule has 19 heavy (non-hydrogen) atoms. The van der Waals surface area contributed by atoms with Crippen molar-refractivity contribution < 1.29 is 4.79 Å². The summed E-state index contributed by atoms with van der Waals surface area (Å²) < 4.78 is 0. The molecule has 4 heteroatoms. The van der Waals surface area contributed by atoms with Crippen LogP contribution in [0.5, 0.6) is 0 Å². The van der Waals surface area contributed by atoms with Gasteiger partial charge in [-0.2, -0.15) is 0 Å². The Bertz CT molecular complexity index is 650. The van der Waals surface area contributed by atoms with E-state index in [2.05, 4.69) is 16.9 Å². The van der Waals surface area contributed by atoms with Gasteiger partial charge in [-0.25, -0.2) is 4.98 Å². The molecule has 1 aromatic carbocycles. The summed E-state index contributed by atoms with van der Waals surface area (Å²) in [6, 6.07) is 9.33. The Kier molecular flexibility index (Phi) is 4.31. The summed E-state index contributed by atoms with van der Waals surface area (Å²) in [5.74, 6) is -0.173. The molecule has 0 saturated carbocycles. The summed E-state index contributed by atoms with van der Waals surface area (Å²) in [6.45, 7) is 3.98.